The van der Waals surface area contributed by atoms with Crippen LogP contribution < -0.4 is 9.80 Å². The molecule has 0 aliphatic carbocycles. The Morgan fingerprint density at radius 2 is 1.78 bits per heavy atom. The maximum Gasteiger partial charge on any atom is 0.139 e. The van der Waals surface area contributed by atoms with Gasteiger partial charge in [0.1, 0.15) is 12.1 Å². The van der Waals surface area contributed by atoms with E-state index in [4.69, 9.17) is 0 Å². The molecule has 0 saturated carbocycles. The summed E-state index contributed by atoms with van der Waals surface area (Å²) in [4.78, 5) is 16.5. The van der Waals surface area contributed by atoms with Crippen molar-refractivity contribution in [2.75, 3.05) is 49.1 Å². The zero-order valence-electron chi connectivity index (χ0n) is 15.4. The Morgan fingerprint density at radius 3 is 2.56 bits per heavy atom. The fourth-order valence-electron chi connectivity index (χ4n) is 4.14. The predicted molar refractivity (Wildman–Crippen MR) is 111 cm³/mol. The van der Waals surface area contributed by atoms with Crippen LogP contribution in [-0.2, 0) is 6.54 Å². The van der Waals surface area contributed by atoms with Crippen LogP contribution in [0.2, 0.25) is 0 Å². The molecule has 3 aromatic rings. The zero-order valence-corrected chi connectivity index (χ0v) is 16.2. The first-order valence-electron chi connectivity index (χ1n) is 9.72. The van der Waals surface area contributed by atoms with E-state index in [1.54, 1.807) is 6.33 Å². The van der Waals surface area contributed by atoms with E-state index in [-0.39, 0.29) is 0 Å². The molecular weight excluding hydrogens is 356 g/mol. The SMILES string of the molecule is c1nc(N2CCCC2)c2cc(N3CCN(Cc4cnsc4)CC3)ccc2n1. The van der Waals surface area contributed by atoms with Crippen molar-refractivity contribution in [2.45, 2.75) is 19.4 Å². The maximum atomic E-state index is 4.61. The molecular formula is C20H24N6S. The summed E-state index contributed by atoms with van der Waals surface area (Å²) >= 11 is 1.54. The van der Waals surface area contributed by atoms with Crippen LogP contribution in [0.3, 0.4) is 0 Å². The summed E-state index contributed by atoms with van der Waals surface area (Å²) in [6.07, 6.45) is 6.20. The molecule has 1 aromatic carbocycles. The van der Waals surface area contributed by atoms with E-state index < -0.39 is 0 Å². The van der Waals surface area contributed by atoms with Crippen LogP contribution in [0.1, 0.15) is 18.4 Å². The van der Waals surface area contributed by atoms with Crippen molar-refractivity contribution in [1.29, 1.82) is 0 Å². The Kier molecular flexibility index (Phi) is 4.63. The minimum Gasteiger partial charge on any atom is -0.369 e. The topological polar surface area (TPSA) is 48.4 Å². The molecule has 2 aliphatic heterocycles. The second-order valence-electron chi connectivity index (χ2n) is 7.39. The minimum atomic E-state index is 1.01. The van der Waals surface area contributed by atoms with Gasteiger partial charge in [0, 0.05) is 68.5 Å². The first-order valence-corrected chi connectivity index (χ1v) is 10.6. The molecule has 0 unspecified atom stereocenters. The second-order valence-corrected chi connectivity index (χ2v) is 8.05. The van der Waals surface area contributed by atoms with Gasteiger partial charge >= 0.3 is 0 Å². The van der Waals surface area contributed by atoms with E-state index in [1.165, 1.54) is 41.0 Å². The van der Waals surface area contributed by atoms with Crippen molar-refractivity contribution < 1.29 is 0 Å². The smallest absolute Gasteiger partial charge is 0.139 e. The number of rotatable bonds is 4. The van der Waals surface area contributed by atoms with Gasteiger partial charge in [-0.3, -0.25) is 4.90 Å². The zero-order chi connectivity index (χ0) is 18.1. The number of anilines is 2. The van der Waals surface area contributed by atoms with Gasteiger partial charge in [0.15, 0.2) is 0 Å². The first-order chi connectivity index (χ1) is 13.4. The van der Waals surface area contributed by atoms with Crippen LogP contribution in [-0.4, -0.2) is 58.5 Å². The molecule has 2 aliphatic rings. The lowest BCUT2D eigenvalue weighted by Gasteiger charge is -2.36. The van der Waals surface area contributed by atoms with Gasteiger partial charge < -0.3 is 9.80 Å². The van der Waals surface area contributed by atoms with Gasteiger partial charge in [0.25, 0.3) is 0 Å². The van der Waals surface area contributed by atoms with Crippen molar-refractivity contribution in [3.05, 3.63) is 41.7 Å². The van der Waals surface area contributed by atoms with Gasteiger partial charge in [0.05, 0.1) is 5.52 Å². The molecule has 5 rings (SSSR count). The first kappa shape index (κ1) is 16.9. The third-order valence-corrected chi connectivity index (χ3v) is 6.27. The highest BCUT2D eigenvalue weighted by Gasteiger charge is 2.20. The molecule has 6 nitrogen and oxygen atoms in total. The number of aromatic nitrogens is 3. The van der Waals surface area contributed by atoms with Gasteiger partial charge in [-0.15, -0.1) is 0 Å². The Morgan fingerprint density at radius 1 is 0.926 bits per heavy atom. The Bertz CT molecular complexity index is 898. The van der Waals surface area contributed by atoms with Crippen LogP contribution in [0.5, 0.6) is 0 Å². The molecule has 0 amide bonds. The summed E-state index contributed by atoms with van der Waals surface area (Å²) in [6, 6.07) is 6.65. The van der Waals surface area contributed by atoms with Crippen LogP contribution in [0.25, 0.3) is 10.9 Å². The normalized spacial score (nSPS) is 18.5. The van der Waals surface area contributed by atoms with E-state index in [1.807, 2.05) is 6.20 Å². The largest absolute Gasteiger partial charge is 0.369 e. The highest BCUT2D eigenvalue weighted by molar-refractivity contribution is 7.03. The van der Waals surface area contributed by atoms with E-state index in [9.17, 15) is 0 Å². The van der Waals surface area contributed by atoms with Crippen molar-refractivity contribution in [1.82, 2.24) is 19.2 Å². The lowest BCUT2D eigenvalue weighted by Crippen LogP contribution is -2.45. The van der Waals surface area contributed by atoms with E-state index >= 15 is 0 Å². The highest BCUT2D eigenvalue weighted by Crippen LogP contribution is 2.30. The lowest BCUT2D eigenvalue weighted by molar-refractivity contribution is 0.250. The minimum absolute atomic E-state index is 1.01. The number of fused-ring (bicyclic) bond motifs is 1. The van der Waals surface area contributed by atoms with Crippen LogP contribution in [0.4, 0.5) is 11.5 Å². The Hall–Kier alpha value is -2.25. The predicted octanol–water partition coefficient (Wildman–Crippen LogP) is 3.01. The number of piperazine rings is 1. The van der Waals surface area contributed by atoms with Crippen LogP contribution in [0, 0.1) is 0 Å². The molecule has 2 aromatic heterocycles. The van der Waals surface area contributed by atoms with E-state index in [2.05, 4.69) is 52.6 Å². The summed E-state index contributed by atoms with van der Waals surface area (Å²) < 4.78 is 4.21. The molecule has 2 fully saturated rings. The van der Waals surface area contributed by atoms with E-state index in [0.29, 0.717) is 0 Å². The molecule has 140 valence electrons. The molecule has 7 heteroatoms. The van der Waals surface area contributed by atoms with Crippen molar-refractivity contribution >= 4 is 33.9 Å². The maximum absolute atomic E-state index is 4.61. The number of nitrogens with zero attached hydrogens (tertiary/aromatic N) is 6. The monoisotopic (exact) mass is 380 g/mol. The third kappa shape index (κ3) is 3.49. The van der Waals surface area contributed by atoms with Crippen LogP contribution >= 0.6 is 11.5 Å². The Balaban J connectivity index is 1.34. The molecule has 2 saturated heterocycles. The summed E-state index contributed by atoms with van der Waals surface area (Å²) in [5.41, 5.74) is 3.65. The molecule has 27 heavy (non-hydrogen) atoms. The molecule has 0 atom stereocenters. The number of hydrogen-bond acceptors (Lipinski definition) is 7. The molecule has 0 spiro atoms. The van der Waals surface area contributed by atoms with Crippen molar-refractivity contribution in [3.8, 4) is 0 Å². The quantitative estimate of drug-likeness (QED) is 0.693. The van der Waals surface area contributed by atoms with Crippen molar-refractivity contribution in [2.24, 2.45) is 0 Å². The lowest BCUT2D eigenvalue weighted by atomic mass is 10.1. The highest BCUT2D eigenvalue weighted by atomic mass is 32.1. The van der Waals surface area contributed by atoms with Gasteiger partial charge in [-0.2, -0.15) is 0 Å². The van der Waals surface area contributed by atoms with Gasteiger partial charge in [-0.25, -0.2) is 14.3 Å². The number of hydrogen-bond donors (Lipinski definition) is 0. The molecule has 4 heterocycles. The number of benzene rings is 1. The van der Waals surface area contributed by atoms with Gasteiger partial charge in [0.2, 0.25) is 0 Å². The molecule has 0 N–H and O–H groups in total. The second kappa shape index (κ2) is 7.40. The average Bonchev–Trinajstić information content (AvgIpc) is 3.42. The van der Waals surface area contributed by atoms with Crippen molar-refractivity contribution in [3.63, 3.8) is 0 Å². The van der Waals surface area contributed by atoms with Crippen LogP contribution in [0.15, 0.2) is 36.1 Å². The standard InChI is InChI=1S/C20H24N6S/c1-2-6-26(5-1)20-18-11-17(3-4-19(18)21-15-22-20)25-9-7-24(8-10-25)13-16-12-23-27-14-16/h3-4,11-12,14-15H,1-2,5-10,13H2. The van der Waals surface area contributed by atoms with E-state index in [0.717, 1.165) is 57.1 Å². The molecule has 0 bridgehead atoms. The third-order valence-electron chi connectivity index (χ3n) is 5.63. The van der Waals surface area contributed by atoms with Gasteiger partial charge in [-0.1, -0.05) is 0 Å². The summed E-state index contributed by atoms with van der Waals surface area (Å²) in [5, 5.41) is 3.33. The summed E-state index contributed by atoms with van der Waals surface area (Å²) in [5.74, 6) is 1.10. The summed E-state index contributed by atoms with van der Waals surface area (Å²) in [7, 11) is 0. The molecule has 0 radical (unpaired) electrons. The fraction of sp³-hybridized carbons (Fsp3) is 0.450. The Labute approximate surface area is 163 Å². The summed E-state index contributed by atoms with van der Waals surface area (Å²) in [6.45, 7) is 7.48. The van der Waals surface area contributed by atoms with Gasteiger partial charge in [-0.05, 0) is 48.1 Å². The fourth-order valence-corrected chi connectivity index (χ4v) is 4.66. The average molecular weight is 381 g/mol.